The Hall–Kier alpha value is -2.38. The maximum Gasteiger partial charge on any atom is 0.494 e. The van der Waals surface area contributed by atoms with Gasteiger partial charge in [0.2, 0.25) is 0 Å². The lowest BCUT2D eigenvalue weighted by molar-refractivity contribution is -0.394. The molecule has 8 nitrogen and oxygen atoms in total. The summed E-state index contributed by atoms with van der Waals surface area (Å²) in [5.74, 6) is 0.114. The van der Waals surface area contributed by atoms with Crippen LogP contribution in [0.15, 0.2) is 22.8 Å². The van der Waals surface area contributed by atoms with Gasteiger partial charge in [-0.15, -0.1) is 4.68 Å². The van der Waals surface area contributed by atoms with Gasteiger partial charge in [0.15, 0.2) is 6.61 Å². The van der Waals surface area contributed by atoms with E-state index >= 15 is 0 Å². The average molecular weight is 224 g/mol. The van der Waals surface area contributed by atoms with Gasteiger partial charge in [0, 0.05) is 5.10 Å². The summed E-state index contributed by atoms with van der Waals surface area (Å²) in [5.41, 5.74) is 0. The van der Waals surface area contributed by atoms with Crippen LogP contribution >= 0.6 is 0 Å². The minimum Gasteiger partial charge on any atom is -0.466 e. The molecular weight excluding hydrogens is 216 g/mol. The van der Waals surface area contributed by atoms with Gasteiger partial charge in [-0.1, -0.05) is 0 Å². The minimum atomic E-state index is -0.681. The lowest BCUT2D eigenvalue weighted by Crippen LogP contribution is -2.00. The molecule has 0 saturated carbocycles. The molecule has 2 rings (SSSR count). The van der Waals surface area contributed by atoms with E-state index in [4.69, 9.17) is 9.15 Å². The Kier molecular flexibility index (Phi) is 2.54. The van der Waals surface area contributed by atoms with E-state index in [9.17, 15) is 10.1 Å². The van der Waals surface area contributed by atoms with Crippen LogP contribution in [0.5, 0.6) is 6.01 Å². The van der Waals surface area contributed by atoms with Crippen molar-refractivity contribution in [2.24, 2.45) is 7.05 Å². The monoisotopic (exact) mass is 224 g/mol. The van der Waals surface area contributed by atoms with Crippen molar-refractivity contribution >= 4 is 5.95 Å². The summed E-state index contributed by atoms with van der Waals surface area (Å²) in [6.07, 6.45) is 1.51. The molecule has 0 radical (unpaired) electrons. The van der Waals surface area contributed by atoms with Gasteiger partial charge in [0.25, 0.3) is 0 Å². The molecule has 84 valence electrons. The standard InChI is InChI=1S/C8H8N4O4/c1-11-8(9-7(10-11)12(13)14)16-5-6-3-2-4-15-6/h2-4H,5H2,1H3. The second-order valence-electron chi connectivity index (χ2n) is 2.94. The topological polar surface area (TPSA) is 96.2 Å². The zero-order valence-electron chi connectivity index (χ0n) is 8.36. The van der Waals surface area contributed by atoms with Crippen molar-refractivity contribution in [1.29, 1.82) is 0 Å². The van der Waals surface area contributed by atoms with Crippen molar-refractivity contribution in [3.05, 3.63) is 34.3 Å². The summed E-state index contributed by atoms with van der Waals surface area (Å²) in [5, 5.41) is 14.0. The largest absolute Gasteiger partial charge is 0.494 e. The molecule has 0 spiro atoms. The Morgan fingerprint density at radius 1 is 1.69 bits per heavy atom. The Morgan fingerprint density at radius 3 is 3.06 bits per heavy atom. The molecule has 0 unspecified atom stereocenters. The third-order valence-electron chi connectivity index (χ3n) is 1.80. The smallest absolute Gasteiger partial charge is 0.466 e. The highest BCUT2D eigenvalue weighted by Crippen LogP contribution is 2.13. The first-order valence-electron chi connectivity index (χ1n) is 4.37. The van der Waals surface area contributed by atoms with Crippen molar-refractivity contribution in [1.82, 2.24) is 14.8 Å². The molecule has 2 heterocycles. The molecule has 0 aromatic carbocycles. The fraction of sp³-hybridized carbons (Fsp3) is 0.250. The predicted octanol–water partition coefficient (Wildman–Crippen LogP) is 0.895. The van der Waals surface area contributed by atoms with Crippen LogP contribution in [0.25, 0.3) is 0 Å². The summed E-state index contributed by atoms with van der Waals surface area (Å²) in [4.78, 5) is 13.3. The quantitative estimate of drug-likeness (QED) is 0.565. The summed E-state index contributed by atoms with van der Waals surface area (Å²) in [6.45, 7) is 0.149. The highest BCUT2D eigenvalue weighted by atomic mass is 16.6. The van der Waals surface area contributed by atoms with Gasteiger partial charge < -0.3 is 19.3 Å². The fourth-order valence-electron chi connectivity index (χ4n) is 1.09. The molecule has 2 aromatic heterocycles. The first-order valence-corrected chi connectivity index (χ1v) is 4.37. The molecular formula is C8H8N4O4. The number of nitro groups is 1. The van der Waals surface area contributed by atoms with Crippen molar-refractivity contribution in [2.75, 3.05) is 0 Å². The highest BCUT2D eigenvalue weighted by Gasteiger charge is 2.20. The Morgan fingerprint density at radius 2 is 2.50 bits per heavy atom. The minimum absolute atomic E-state index is 0.0723. The number of hydrogen-bond acceptors (Lipinski definition) is 6. The molecule has 0 aliphatic carbocycles. The predicted molar refractivity (Wildman–Crippen MR) is 50.7 cm³/mol. The molecule has 8 heteroatoms. The van der Waals surface area contributed by atoms with E-state index in [0.717, 1.165) is 0 Å². The normalized spacial score (nSPS) is 10.3. The summed E-state index contributed by atoms with van der Waals surface area (Å²) >= 11 is 0. The van der Waals surface area contributed by atoms with Crippen LogP contribution in [0, 0.1) is 10.1 Å². The maximum atomic E-state index is 10.4. The van der Waals surface area contributed by atoms with Gasteiger partial charge in [0.05, 0.1) is 13.3 Å². The van der Waals surface area contributed by atoms with Gasteiger partial charge in [-0.3, -0.25) is 0 Å². The molecule has 0 atom stereocenters. The Balaban J connectivity index is 2.07. The maximum absolute atomic E-state index is 10.4. The van der Waals surface area contributed by atoms with Crippen LogP contribution in [-0.2, 0) is 13.7 Å². The third kappa shape index (κ3) is 2.00. The van der Waals surface area contributed by atoms with Gasteiger partial charge in [0.1, 0.15) is 5.76 Å². The number of furan rings is 1. The van der Waals surface area contributed by atoms with Crippen molar-refractivity contribution in [3.8, 4) is 6.01 Å². The van der Waals surface area contributed by atoms with Gasteiger partial charge in [-0.2, -0.15) is 0 Å². The van der Waals surface area contributed by atoms with E-state index in [1.54, 1.807) is 12.1 Å². The molecule has 0 amide bonds. The molecule has 0 aliphatic heterocycles. The van der Waals surface area contributed by atoms with E-state index in [1.807, 2.05) is 0 Å². The first-order chi connectivity index (χ1) is 7.66. The summed E-state index contributed by atoms with van der Waals surface area (Å²) in [7, 11) is 1.51. The van der Waals surface area contributed by atoms with Crippen LogP contribution in [0.2, 0.25) is 0 Å². The van der Waals surface area contributed by atoms with Crippen LogP contribution in [-0.4, -0.2) is 19.7 Å². The second kappa shape index (κ2) is 4.01. The van der Waals surface area contributed by atoms with Crippen LogP contribution in [0.3, 0.4) is 0 Å². The number of nitrogens with zero attached hydrogens (tertiary/aromatic N) is 4. The molecule has 0 saturated heterocycles. The van der Waals surface area contributed by atoms with Crippen LogP contribution in [0.4, 0.5) is 5.95 Å². The zero-order chi connectivity index (χ0) is 11.5. The van der Waals surface area contributed by atoms with Crippen LogP contribution < -0.4 is 4.74 Å². The lowest BCUT2D eigenvalue weighted by Gasteiger charge is -1.96. The van der Waals surface area contributed by atoms with E-state index in [0.29, 0.717) is 5.76 Å². The Bertz CT molecular complexity index is 490. The lowest BCUT2D eigenvalue weighted by atomic mass is 10.5. The molecule has 0 N–H and O–H groups in total. The van der Waals surface area contributed by atoms with Gasteiger partial charge in [-0.25, -0.2) is 0 Å². The van der Waals surface area contributed by atoms with Gasteiger partial charge in [-0.05, 0) is 22.0 Å². The first kappa shape index (κ1) is 10.1. The average Bonchev–Trinajstić information content (AvgIpc) is 2.84. The number of ether oxygens (including phenoxy) is 1. The molecule has 16 heavy (non-hydrogen) atoms. The Labute approximate surface area is 89.6 Å². The van der Waals surface area contributed by atoms with Crippen molar-refractivity contribution < 1.29 is 14.1 Å². The number of hydrogen-bond donors (Lipinski definition) is 0. The molecule has 0 bridgehead atoms. The van der Waals surface area contributed by atoms with E-state index in [1.165, 1.54) is 18.0 Å². The fourth-order valence-corrected chi connectivity index (χ4v) is 1.09. The van der Waals surface area contributed by atoms with E-state index in [2.05, 4.69) is 10.1 Å². The van der Waals surface area contributed by atoms with E-state index < -0.39 is 10.9 Å². The molecule has 2 aromatic rings. The molecule has 0 fully saturated rings. The number of aryl methyl sites for hydroxylation is 1. The van der Waals surface area contributed by atoms with Crippen LogP contribution in [0.1, 0.15) is 5.76 Å². The van der Waals surface area contributed by atoms with Gasteiger partial charge >= 0.3 is 12.0 Å². The number of aromatic nitrogens is 3. The van der Waals surface area contributed by atoms with E-state index in [-0.39, 0.29) is 12.6 Å². The third-order valence-corrected chi connectivity index (χ3v) is 1.80. The van der Waals surface area contributed by atoms with Crippen molar-refractivity contribution in [3.63, 3.8) is 0 Å². The zero-order valence-corrected chi connectivity index (χ0v) is 8.36. The van der Waals surface area contributed by atoms with Crippen molar-refractivity contribution in [2.45, 2.75) is 6.61 Å². The SMILES string of the molecule is Cn1nc([N+](=O)[O-])nc1OCc1ccco1. The summed E-state index contributed by atoms with van der Waals surface area (Å²) in [6, 6.07) is 3.52. The number of rotatable bonds is 4. The molecule has 0 aliphatic rings. The highest BCUT2D eigenvalue weighted by molar-refractivity contribution is 5.08. The second-order valence-corrected chi connectivity index (χ2v) is 2.94. The summed E-state index contributed by atoms with van der Waals surface area (Å²) < 4.78 is 11.4.